The summed E-state index contributed by atoms with van der Waals surface area (Å²) in [5.74, 6) is -0.0999. The Morgan fingerprint density at radius 1 is 0.976 bits per heavy atom. The molecule has 3 N–H and O–H groups in total. The Bertz CT molecular complexity index is 1600. The van der Waals surface area contributed by atoms with Gasteiger partial charge < -0.3 is 15.7 Å². The Morgan fingerprint density at radius 2 is 1.71 bits per heavy atom. The molecule has 4 aromatic rings. The number of aromatic hydroxyl groups is 1. The number of carbonyl (C=O) groups is 2. The van der Waals surface area contributed by atoms with E-state index in [0.717, 1.165) is 36.1 Å². The van der Waals surface area contributed by atoms with Gasteiger partial charge >= 0.3 is 6.03 Å². The van der Waals surface area contributed by atoms with Crippen molar-refractivity contribution in [2.24, 2.45) is 0 Å². The van der Waals surface area contributed by atoms with Crippen molar-refractivity contribution in [1.29, 1.82) is 0 Å². The molecular weight excluding hydrogens is 559 g/mol. The van der Waals surface area contributed by atoms with E-state index < -0.39 is 0 Å². The minimum Gasteiger partial charge on any atom is -0.507 e. The fourth-order valence-electron chi connectivity index (χ4n) is 4.74. The van der Waals surface area contributed by atoms with Crippen LogP contribution in [0.1, 0.15) is 73.1 Å². The van der Waals surface area contributed by atoms with Gasteiger partial charge in [-0.25, -0.2) is 4.79 Å². The van der Waals surface area contributed by atoms with Crippen molar-refractivity contribution in [2.45, 2.75) is 57.9 Å². The second-order valence-electron chi connectivity index (χ2n) is 11.4. The molecule has 0 spiro atoms. The normalized spacial score (nSPS) is 13.5. The first-order valence-electron chi connectivity index (χ1n) is 13.6. The number of phenols is 1. The number of phenolic OH excluding ortho intramolecular Hbond substituents is 1. The van der Waals surface area contributed by atoms with Crippen LogP contribution in [0.15, 0.2) is 66.7 Å². The van der Waals surface area contributed by atoms with E-state index in [0.29, 0.717) is 32.6 Å². The monoisotopic (exact) mass is 590 g/mol. The van der Waals surface area contributed by atoms with Crippen LogP contribution in [-0.4, -0.2) is 26.8 Å². The molecule has 2 amide bonds. The van der Waals surface area contributed by atoms with Crippen molar-refractivity contribution in [1.82, 2.24) is 15.1 Å². The molecule has 7 nitrogen and oxygen atoms in total. The maximum Gasteiger partial charge on any atom is 0.342 e. The number of aromatic nitrogens is 2. The molecule has 1 saturated carbocycles. The van der Waals surface area contributed by atoms with Gasteiger partial charge in [0.2, 0.25) is 0 Å². The van der Waals surface area contributed by atoms with Crippen LogP contribution in [0.2, 0.25) is 10.0 Å². The molecule has 1 aliphatic rings. The maximum atomic E-state index is 13.2. The number of anilines is 1. The van der Waals surface area contributed by atoms with Crippen LogP contribution < -0.4 is 10.6 Å². The second kappa shape index (κ2) is 11.6. The molecular formula is C32H32Cl2N4O3. The molecule has 41 heavy (non-hydrogen) atoms. The number of rotatable bonds is 6. The van der Waals surface area contributed by atoms with E-state index in [9.17, 15) is 14.7 Å². The standard InChI is InChI=1S/C32H32Cl2N4O3/c1-32(2,3)22-10-8-21(9-11-22)30(40)36-23-12-13-24(29(39)16-23)27-17-28(20-5-4-6-20)38(37-27)31(41)35-18-19-7-14-25(33)26(34)15-19/h7-17,20,39H,4-6,18H2,1-3H3,(H,35,41)(H,36,40). The first-order valence-corrected chi connectivity index (χ1v) is 14.3. The van der Waals surface area contributed by atoms with Crippen molar-refractivity contribution in [3.63, 3.8) is 0 Å². The van der Waals surface area contributed by atoms with E-state index >= 15 is 0 Å². The lowest BCUT2D eigenvalue weighted by Crippen LogP contribution is -2.31. The fraction of sp³-hybridized carbons (Fsp3) is 0.281. The quantitative estimate of drug-likeness (QED) is 0.211. The molecule has 0 bridgehead atoms. The summed E-state index contributed by atoms with van der Waals surface area (Å²) < 4.78 is 1.38. The summed E-state index contributed by atoms with van der Waals surface area (Å²) in [5, 5.41) is 22.0. The van der Waals surface area contributed by atoms with Crippen LogP contribution in [0.3, 0.4) is 0 Å². The number of benzene rings is 3. The van der Waals surface area contributed by atoms with E-state index in [1.165, 1.54) is 10.7 Å². The Morgan fingerprint density at radius 3 is 2.32 bits per heavy atom. The van der Waals surface area contributed by atoms with Crippen molar-refractivity contribution in [3.8, 4) is 17.0 Å². The van der Waals surface area contributed by atoms with Crippen LogP contribution in [0.25, 0.3) is 11.3 Å². The summed E-state index contributed by atoms with van der Waals surface area (Å²) in [7, 11) is 0. The number of nitrogens with one attached hydrogen (secondary N) is 2. The van der Waals surface area contributed by atoms with Crippen LogP contribution in [0, 0.1) is 0 Å². The van der Waals surface area contributed by atoms with Gasteiger partial charge in [-0.15, -0.1) is 0 Å². The highest BCUT2D eigenvalue weighted by Crippen LogP contribution is 2.39. The van der Waals surface area contributed by atoms with Crippen LogP contribution in [0.4, 0.5) is 10.5 Å². The van der Waals surface area contributed by atoms with Crippen LogP contribution in [-0.2, 0) is 12.0 Å². The number of hydrogen-bond acceptors (Lipinski definition) is 4. The molecule has 9 heteroatoms. The minimum absolute atomic E-state index is 0.00617. The molecule has 1 heterocycles. The van der Waals surface area contributed by atoms with Gasteiger partial charge in [-0.3, -0.25) is 4.79 Å². The summed E-state index contributed by atoms with van der Waals surface area (Å²) in [6.07, 6.45) is 3.03. The van der Waals surface area contributed by atoms with Gasteiger partial charge in [0.05, 0.1) is 21.4 Å². The predicted molar refractivity (Wildman–Crippen MR) is 163 cm³/mol. The van der Waals surface area contributed by atoms with E-state index in [4.69, 9.17) is 23.2 Å². The summed E-state index contributed by atoms with van der Waals surface area (Å²) in [6.45, 7) is 6.62. The number of halogens is 2. The molecule has 0 saturated heterocycles. The predicted octanol–water partition coefficient (Wildman–Crippen LogP) is 8.14. The summed E-state index contributed by atoms with van der Waals surface area (Å²) in [6, 6.07) is 19.1. The Labute approximate surface area is 249 Å². The molecule has 0 radical (unpaired) electrons. The molecule has 0 unspecified atom stereocenters. The zero-order valence-electron chi connectivity index (χ0n) is 23.2. The van der Waals surface area contributed by atoms with E-state index in [1.807, 2.05) is 18.2 Å². The van der Waals surface area contributed by atoms with Gasteiger partial charge in [-0.05, 0) is 71.8 Å². The van der Waals surface area contributed by atoms with Crippen LogP contribution in [0.5, 0.6) is 5.75 Å². The Kier molecular flexibility index (Phi) is 8.11. The van der Waals surface area contributed by atoms with E-state index in [-0.39, 0.29) is 35.6 Å². The van der Waals surface area contributed by atoms with Gasteiger partial charge in [0.15, 0.2) is 0 Å². The second-order valence-corrected chi connectivity index (χ2v) is 12.2. The van der Waals surface area contributed by atoms with Gasteiger partial charge in [0, 0.05) is 35.3 Å². The third-order valence-electron chi connectivity index (χ3n) is 7.43. The van der Waals surface area contributed by atoms with Gasteiger partial charge in [0.1, 0.15) is 5.75 Å². The summed E-state index contributed by atoms with van der Waals surface area (Å²) >= 11 is 12.1. The van der Waals surface area contributed by atoms with Crippen molar-refractivity contribution >= 4 is 40.8 Å². The van der Waals surface area contributed by atoms with Gasteiger partial charge in [0.25, 0.3) is 5.91 Å². The number of carbonyl (C=O) groups excluding carboxylic acids is 2. The molecule has 1 fully saturated rings. The first-order chi connectivity index (χ1) is 19.5. The van der Waals surface area contributed by atoms with Gasteiger partial charge in [-0.1, -0.05) is 68.6 Å². The third-order valence-corrected chi connectivity index (χ3v) is 8.16. The third kappa shape index (κ3) is 6.42. The number of amides is 2. The lowest BCUT2D eigenvalue weighted by atomic mass is 9.82. The molecule has 0 aliphatic heterocycles. The molecule has 1 aliphatic carbocycles. The smallest absolute Gasteiger partial charge is 0.342 e. The zero-order chi connectivity index (χ0) is 29.3. The molecule has 212 valence electrons. The highest BCUT2D eigenvalue weighted by atomic mass is 35.5. The van der Waals surface area contributed by atoms with Crippen LogP contribution >= 0.6 is 23.2 Å². The van der Waals surface area contributed by atoms with Gasteiger partial charge in [-0.2, -0.15) is 9.78 Å². The molecule has 0 atom stereocenters. The van der Waals surface area contributed by atoms with Crippen molar-refractivity contribution in [2.75, 3.05) is 5.32 Å². The highest BCUT2D eigenvalue weighted by Gasteiger charge is 2.27. The topological polar surface area (TPSA) is 96.3 Å². The molecule has 3 aromatic carbocycles. The Balaban J connectivity index is 1.33. The minimum atomic E-state index is -0.370. The average Bonchev–Trinajstić information content (AvgIpc) is 3.32. The number of hydrogen-bond donors (Lipinski definition) is 3. The summed E-state index contributed by atoms with van der Waals surface area (Å²) in [4.78, 5) is 26.0. The lowest BCUT2D eigenvalue weighted by Gasteiger charge is -2.25. The number of nitrogens with zero attached hydrogens (tertiary/aromatic N) is 2. The SMILES string of the molecule is CC(C)(C)c1ccc(C(=O)Nc2ccc(-c3cc(C4CCC4)n(C(=O)NCc4ccc(Cl)c(Cl)c4)n3)c(O)c2)cc1. The van der Waals surface area contributed by atoms with Crippen molar-refractivity contribution in [3.05, 3.63) is 99.2 Å². The van der Waals surface area contributed by atoms with Crippen molar-refractivity contribution < 1.29 is 14.7 Å². The zero-order valence-corrected chi connectivity index (χ0v) is 24.7. The molecule has 5 rings (SSSR count). The average molecular weight is 592 g/mol. The Hall–Kier alpha value is -3.81. The first kappa shape index (κ1) is 28.7. The van der Waals surface area contributed by atoms with E-state index in [2.05, 4.69) is 36.5 Å². The maximum absolute atomic E-state index is 13.2. The fourth-order valence-corrected chi connectivity index (χ4v) is 5.06. The molecule has 1 aromatic heterocycles. The lowest BCUT2D eigenvalue weighted by molar-refractivity contribution is 0.102. The largest absolute Gasteiger partial charge is 0.507 e. The summed E-state index contributed by atoms with van der Waals surface area (Å²) in [5.41, 5.74) is 4.66. The van der Waals surface area contributed by atoms with E-state index in [1.54, 1.807) is 42.5 Å². The highest BCUT2D eigenvalue weighted by molar-refractivity contribution is 6.42.